The molecule has 0 atom stereocenters. The molecule has 0 bridgehead atoms. The first-order valence-electron chi connectivity index (χ1n) is 17.8. The number of fused-ring (bicyclic) bond motifs is 4. The van der Waals surface area contributed by atoms with E-state index in [0.29, 0.717) is 17.5 Å². The molecule has 10 rings (SSSR count). The molecule has 0 spiro atoms. The van der Waals surface area contributed by atoms with Crippen LogP contribution in [0, 0.1) is 0 Å². The van der Waals surface area contributed by atoms with Gasteiger partial charge >= 0.3 is 0 Å². The van der Waals surface area contributed by atoms with Crippen molar-refractivity contribution in [3.8, 4) is 67.5 Å². The monoisotopic (exact) mass is 677 g/mol. The summed E-state index contributed by atoms with van der Waals surface area (Å²) in [6.07, 6.45) is 0. The number of nitrogens with zero attached hydrogens (tertiary/aromatic N) is 3. The van der Waals surface area contributed by atoms with Gasteiger partial charge in [-0.05, 0) is 62.9 Å². The van der Waals surface area contributed by atoms with Crippen LogP contribution < -0.4 is 0 Å². The van der Waals surface area contributed by atoms with E-state index >= 15 is 0 Å². The topological polar surface area (TPSA) is 51.8 Å². The van der Waals surface area contributed by atoms with Crippen molar-refractivity contribution >= 4 is 32.7 Å². The molecule has 4 nitrogen and oxygen atoms in total. The molecule has 4 heteroatoms. The highest BCUT2D eigenvalue weighted by molar-refractivity contribution is 6.11. The summed E-state index contributed by atoms with van der Waals surface area (Å²) in [6, 6.07) is 65.2. The standard InChI is InChI=1S/C49H31N3O/c1-3-11-32(12-4-1)35-19-24-37(25-20-35)47-50-48(38-26-21-36(22-27-38)33-13-5-2-6-14-33)52-49(51-47)41-30-43(40-28-23-34-15-7-8-16-39(34)29-40)46-44(31-41)42-17-9-10-18-45(42)53-46/h1-31H. The molecule has 0 aliphatic carbocycles. The molecular weight excluding hydrogens is 647 g/mol. The van der Waals surface area contributed by atoms with Crippen LogP contribution in [0.15, 0.2) is 192 Å². The number of benzene rings is 8. The summed E-state index contributed by atoms with van der Waals surface area (Å²) in [5.74, 6) is 1.82. The minimum absolute atomic E-state index is 0.596. The highest BCUT2D eigenvalue weighted by Crippen LogP contribution is 2.40. The Balaban J connectivity index is 1.17. The van der Waals surface area contributed by atoms with Crippen LogP contribution in [0.25, 0.3) is 100 Å². The molecular formula is C49H31N3O. The fourth-order valence-electron chi connectivity index (χ4n) is 7.18. The fraction of sp³-hybridized carbons (Fsp3) is 0. The summed E-state index contributed by atoms with van der Waals surface area (Å²) in [5.41, 5.74) is 11.1. The quantitative estimate of drug-likeness (QED) is 0.176. The van der Waals surface area contributed by atoms with E-state index in [9.17, 15) is 0 Å². The summed E-state index contributed by atoms with van der Waals surface area (Å²) >= 11 is 0. The van der Waals surface area contributed by atoms with E-state index in [4.69, 9.17) is 19.4 Å². The minimum atomic E-state index is 0.596. The van der Waals surface area contributed by atoms with Crippen molar-refractivity contribution in [1.29, 1.82) is 0 Å². The summed E-state index contributed by atoms with van der Waals surface area (Å²) in [5, 5.41) is 4.43. The molecule has 248 valence electrons. The lowest BCUT2D eigenvalue weighted by Gasteiger charge is -2.12. The normalized spacial score (nSPS) is 11.4. The number of furan rings is 1. The van der Waals surface area contributed by atoms with Crippen molar-refractivity contribution in [2.45, 2.75) is 0 Å². The van der Waals surface area contributed by atoms with Crippen molar-refractivity contribution < 1.29 is 4.42 Å². The summed E-state index contributed by atoms with van der Waals surface area (Å²) in [6.45, 7) is 0. The van der Waals surface area contributed by atoms with Gasteiger partial charge in [-0.3, -0.25) is 0 Å². The van der Waals surface area contributed by atoms with Gasteiger partial charge in [-0.1, -0.05) is 164 Å². The Morgan fingerprint density at radius 1 is 0.302 bits per heavy atom. The maximum atomic E-state index is 6.57. The van der Waals surface area contributed by atoms with E-state index in [-0.39, 0.29) is 0 Å². The zero-order chi connectivity index (χ0) is 35.1. The van der Waals surface area contributed by atoms with E-state index < -0.39 is 0 Å². The van der Waals surface area contributed by atoms with Gasteiger partial charge in [-0.15, -0.1) is 0 Å². The molecule has 0 aliphatic heterocycles. The molecule has 0 radical (unpaired) electrons. The molecule has 0 fully saturated rings. The molecule has 10 aromatic rings. The predicted molar refractivity (Wildman–Crippen MR) is 217 cm³/mol. The minimum Gasteiger partial charge on any atom is -0.455 e. The van der Waals surface area contributed by atoms with Crippen molar-refractivity contribution in [3.63, 3.8) is 0 Å². The maximum Gasteiger partial charge on any atom is 0.164 e. The molecule has 53 heavy (non-hydrogen) atoms. The predicted octanol–water partition coefficient (Wildman–Crippen LogP) is 12.9. The smallest absolute Gasteiger partial charge is 0.164 e. The number of rotatable bonds is 6. The second kappa shape index (κ2) is 12.9. The average molecular weight is 678 g/mol. The van der Waals surface area contributed by atoms with Gasteiger partial charge in [0.1, 0.15) is 11.2 Å². The summed E-state index contributed by atoms with van der Waals surface area (Å²) in [7, 11) is 0. The first-order chi connectivity index (χ1) is 26.2. The lowest BCUT2D eigenvalue weighted by Crippen LogP contribution is -2.00. The molecule has 0 aliphatic rings. The Kier molecular flexibility index (Phi) is 7.43. The van der Waals surface area contributed by atoms with Crippen molar-refractivity contribution in [2.75, 3.05) is 0 Å². The van der Waals surface area contributed by atoms with Gasteiger partial charge < -0.3 is 4.42 Å². The van der Waals surface area contributed by atoms with Crippen LogP contribution >= 0.6 is 0 Å². The van der Waals surface area contributed by atoms with E-state index in [1.54, 1.807) is 0 Å². The number of aromatic nitrogens is 3. The van der Waals surface area contributed by atoms with Crippen LogP contribution in [0.1, 0.15) is 0 Å². The molecule has 2 heterocycles. The Morgan fingerprint density at radius 3 is 1.40 bits per heavy atom. The highest BCUT2D eigenvalue weighted by Gasteiger charge is 2.19. The SMILES string of the molecule is c1ccc(-c2ccc(-c3nc(-c4ccc(-c5ccccc5)cc4)nc(-c4cc(-c5ccc6ccccc6c5)c5oc6ccccc6c5c4)n3)cc2)cc1. The van der Waals surface area contributed by atoms with Gasteiger partial charge in [0, 0.05) is 33.0 Å². The first-order valence-corrected chi connectivity index (χ1v) is 17.8. The van der Waals surface area contributed by atoms with Crippen LogP contribution in [0.2, 0.25) is 0 Å². The molecule has 0 saturated heterocycles. The zero-order valence-electron chi connectivity index (χ0n) is 28.6. The summed E-state index contributed by atoms with van der Waals surface area (Å²) < 4.78 is 6.57. The van der Waals surface area contributed by atoms with E-state index in [1.165, 1.54) is 10.8 Å². The second-order valence-corrected chi connectivity index (χ2v) is 13.3. The number of para-hydroxylation sites is 1. The lowest BCUT2D eigenvalue weighted by molar-refractivity contribution is 0.670. The van der Waals surface area contributed by atoms with Crippen LogP contribution in [-0.4, -0.2) is 15.0 Å². The molecule has 0 saturated carbocycles. The Morgan fingerprint density at radius 2 is 0.774 bits per heavy atom. The Labute approximate surface area is 306 Å². The van der Waals surface area contributed by atoms with E-state index in [0.717, 1.165) is 72.0 Å². The van der Waals surface area contributed by atoms with Gasteiger partial charge in [0.2, 0.25) is 0 Å². The number of hydrogen-bond donors (Lipinski definition) is 0. The number of hydrogen-bond acceptors (Lipinski definition) is 4. The van der Waals surface area contributed by atoms with Crippen molar-refractivity contribution in [2.24, 2.45) is 0 Å². The van der Waals surface area contributed by atoms with Crippen molar-refractivity contribution in [3.05, 3.63) is 188 Å². The largest absolute Gasteiger partial charge is 0.455 e. The molecule has 0 unspecified atom stereocenters. The van der Waals surface area contributed by atoms with Gasteiger partial charge in [-0.2, -0.15) is 0 Å². The van der Waals surface area contributed by atoms with E-state index in [2.05, 4.69) is 164 Å². The molecule has 8 aromatic carbocycles. The van der Waals surface area contributed by atoms with Crippen LogP contribution in [0.5, 0.6) is 0 Å². The molecule has 0 amide bonds. The third kappa shape index (κ3) is 5.73. The second-order valence-electron chi connectivity index (χ2n) is 13.3. The zero-order valence-corrected chi connectivity index (χ0v) is 28.6. The third-order valence-corrected chi connectivity index (χ3v) is 9.93. The third-order valence-electron chi connectivity index (χ3n) is 9.93. The molecule has 0 N–H and O–H groups in total. The fourth-order valence-corrected chi connectivity index (χ4v) is 7.18. The Bertz CT molecular complexity index is 2810. The Hall–Kier alpha value is -7.17. The van der Waals surface area contributed by atoms with Crippen molar-refractivity contribution in [1.82, 2.24) is 15.0 Å². The van der Waals surface area contributed by atoms with Crippen LogP contribution in [-0.2, 0) is 0 Å². The van der Waals surface area contributed by atoms with Crippen LogP contribution in [0.3, 0.4) is 0 Å². The van der Waals surface area contributed by atoms with Gasteiger partial charge in [0.15, 0.2) is 17.5 Å². The van der Waals surface area contributed by atoms with Gasteiger partial charge in [0.25, 0.3) is 0 Å². The average Bonchev–Trinajstić information content (AvgIpc) is 3.62. The summed E-state index contributed by atoms with van der Waals surface area (Å²) in [4.78, 5) is 15.4. The maximum absolute atomic E-state index is 6.57. The highest BCUT2D eigenvalue weighted by atomic mass is 16.3. The van der Waals surface area contributed by atoms with E-state index in [1.807, 2.05) is 24.3 Å². The lowest BCUT2D eigenvalue weighted by atomic mass is 9.96. The molecule has 2 aromatic heterocycles. The van der Waals surface area contributed by atoms with Gasteiger partial charge in [0.05, 0.1) is 0 Å². The van der Waals surface area contributed by atoms with Gasteiger partial charge in [-0.25, -0.2) is 15.0 Å². The first kappa shape index (κ1) is 30.6. The van der Waals surface area contributed by atoms with Crippen LogP contribution in [0.4, 0.5) is 0 Å².